The zero-order valence-electron chi connectivity index (χ0n) is 23.1. The number of alkyl halides is 1. The minimum atomic E-state index is -0.764. The molecule has 7 rings (SSSR count). The molecular weight excluding hydrogens is 525 g/mol. The highest BCUT2D eigenvalue weighted by Crippen LogP contribution is 2.46. The number of anilines is 3. The molecule has 1 atom stereocenters. The van der Waals surface area contributed by atoms with Crippen molar-refractivity contribution in [3.05, 3.63) is 60.9 Å². The molecular formula is C29H30FN9O2. The number of nitrogens with zero attached hydrogens (tertiary/aromatic N) is 8. The monoisotopic (exact) mass is 555 g/mol. The van der Waals surface area contributed by atoms with Crippen LogP contribution in [0.4, 0.5) is 21.6 Å². The van der Waals surface area contributed by atoms with Crippen LogP contribution in [0.15, 0.2) is 55.4 Å². The second kappa shape index (κ2) is 9.81. The molecule has 2 fully saturated rings. The van der Waals surface area contributed by atoms with Gasteiger partial charge in [0.25, 0.3) is 0 Å². The number of hydrogen-bond donors (Lipinski definition) is 1. The van der Waals surface area contributed by atoms with Gasteiger partial charge in [0, 0.05) is 37.8 Å². The van der Waals surface area contributed by atoms with Gasteiger partial charge in [0.05, 0.1) is 29.2 Å². The van der Waals surface area contributed by atoms with Gasteiger partial charge >= 0.3 is 0 Å². The Balaban J connectivity index is 1.18. The van der Waals surface area contributed by atoms with E-state index >= 15 is 0 Å². The number of likely N-dealkylation sites (N-methyl/N-ethyl adjacent to an activating group) is 1. The lowest BCUT2D eigenvalue weighted by Gasteiger charge is -2.58. The number of fused-ring (bicyclic) bond motifs is 2. The Bertz CT molecular complexity index is 1750. The third-order valence-electron chi connectivity index (χ3n) is 8.23. The third-order valence-corrected chi connectivity index (χ3v) is 8.23. The lowest BCUT2D eigenvalue weighted by Crippen LogP contribution is -2.72. The first-order chi connectivity index (χ1) is 19.9. The summed E-state index contributed by atoms with van der Waals surface area (Å²) in [4.78, 5) is 22.2. The lowest BCUT2D eigenvalue weighted by atomic mass is 9.79. The predicted molar refractivity (Wildman–Crippen MR) is 153 cm³/mol. The van der Waals surface area contributed by atoms with Crippen LogP contribution in [0.3, 0.4) is 0 Å². The van der Waals surface area contributed by atoms with E-state index < -0.39 is 6.17 Å². The predicted octanol–water partition coefficient (Wildman–Crippen LogP) is 4.54. The average molecular weight is 556 g/mol. The Morgan fingerprint density at radius 2 is 1.88 bits per heavy atom. The maximum atomic E-state index is 14.4. The number of benzene rings is 2. The Morgan fingerprint density at radius 3 is 2.71 bits per heavy atom. The zero-order valence-corrected chi connectivity index (χ0v) is 23.1. The van der Waals surface area contributed by atoms with Gasteiger partial charge in [-0.05, 0) is 56.3 Å². The molecule has 11 nitrogen and oxygen atoms in total. The van der Waals surface area contributed by atoms with Gasteiger partial charge in [0.1, 0.15) is 42.5 Å². The van der Waals surface area contributed by atoms with E-state index in [9.17, 15) is 4.39 Å². The third kappa shape index (κ3) is 4.44. The molecule has 1 N–H and O–H groups in total. The van der Waals surface area contributed by atoms with Crippen LogP contribution in [-0.2, 0) is 0 Å². The molecule has 0 amide bonds. The number of piperidine rings is 1. The summed E-state index contributed by atoms with van der Waals surface area (Å²) in [6, 6.07) is 11.4. The Hall–Kier alpha value is -4.58. The van der Waals surface area contributed by atoms with E-state index in [1.165, 1.54) is 6.33 Å². The number of rotatable bonds is 6. The number of ether oxygens (including phenoxy) is 2. The van der Waals surface area contributed by atoms with Crippen molar-refractivity contribution in [2.75, 3.05) is 44.0 Å². The highest BCUT2D eigenvalue weighted by Gasteiger charge is 2.50. The van der Waals surface area contributed by atoms with Gasteiger partial charge in [-0.15, -0.1) is 0 Å². The van der Waals surface area contributed by atoms with Gasteiger partial charge in [-0.1, -0.05) is 0 Å². The maximum Gasteiger partial charge on any atom is 0.224 e. The first kappa shape index (κ1) is 25.4. The molecule has 210 valence electrons. The van der Waals surface area contributed by atoms with Crippen molar-refractivity contribution >= 4 is 33.7 Å². The summed E-state index contributed by atoms with van der Waals surface area (Å²) in [6.45, 7) is 4.17. The van der Waals surface area contributed by atoms with Crippen molar-refractivity contribution in [2.24, 2.45) is 0 Å². The van der Waals surface area contributed by atoms with Crippen LogP contribution in [0.2, 0.25) is 0 Å². The van der Waals surface area contributed by atoms with Crippen molar-refractivity contribution in [2.45, 2.75) is 31.5 Å². The molecule has 0 saturated carbocycles. The van der Waals surface area contributed by atoms with Gasteiger partial charge in [0.2, 0.25) is 5.88 Å². The molecule has 0 radical (unpaired) electrons. The highest BCUT2D eigenvalue weighted by molar-refractivity contribution is 6.03. The fraction of sp³-hybridized carbons (Fsp3) is 0.345. The van der Waals surface area contributed by atoms with Gasteiger partial charge in [-0.25, -0.2) is 28.8 Å². The number of aryl methyl sites for hydroxylation is 1. The summed E-state index contributed by atoms with van der Waals surface area (Å²) in [5, 5.41) is 8.41. The minimum absolute atomic E-state index is 0.172. The van der Waals surface area contributed by atoms with E-state index in [0.717, 1.165) is 40.1 Å². The van der Waals surface area contributed by atoms with Gasteiger partial charge in [-0.3, -0.25) is 4.90 Å². The second-order valence-corrected chi connectivity index (χ2v) is 10.8. The molecule has 2 aromatic carbocycles. The molecule has 1 spiro atoms. The SMILES string of the molecule is COc1ccc2ncnc(Nc3ccc(Oc4cc5ncnn5cn4)c(C)c3)c2c1N1CC2(CC(F)CCN2C)C1. The van der Waals surface area contributed by atoms with E-state index in [1.54, 1.807) is 30.3 Å². The molecule has 1 unspecified atom stereocenters. The van der Waals surface area contributed by atoms with Crippen LogP contribution in [0.5, 0.6) is 17.4 Å². The first-order valence-electron chi connectivity index (χ1n) is 13.6. The standard InChI is InChI=1S/C29H30FN9O2/c1-18-10-20(4-6-22(18)41-25-11-24-32-16-35-39(24)17-34-25)36-28-26-21(31-15-33-28)5-7-23(40-3)27(26)38-13-29(14-38)12-19(30)8-9-37(29)2/h4-7,10-11,15-17,19H,8-9,12-14H2,1-3H3,(H,31,33,36). The number of nitrogens with one attached hydrogen (secondary N) is 1. The van der Waals surface area contributed by atoms with Crippen molar-refractivity contribution in [3.8, 4) is 17.4 Å². The van der Waals surface area contributed by atoms with Crippen LogP contribution in [0.25, 0.3) is 16.6 Å². The van der Waals surface area contributed by atoms with Crippen molar-refractivity contribution in [1.82, 2.24) is 34.4 Å². The number of hydrogen-bond acceptors (Lipinski definition) is 10. The Kier molecular flexibility index (Phi) is 6.07. The van der Waals surface area contributed by atoms with Crippen LogP contribution in [0, 0.1) is 6.92 Å². The van der Waals surface area contributed by atoms with E-state index in [0.29, 0.717) is 49.0 Å². The summed E-state index contributed by atoms with van der Waals surface area (Å²) in [7, 11) is 3.76. The van der Waals surface area contributed by atoms with Crippen LogP contribution in [-0.4, -0.2) is 80.0 Å². The first-order valence-corrected chi connectivity index (χ1v) is 13.6. The normalized spacial score (nSPS) is 18.5. The number of aromatic nitrogens is 6. The smallest absolute Gasteiger partial charge is 0.224 e. The molecule has 3 aromatic heterocycles. The summed E-state index contributed by atoms with van der Waals surface area (Å²) in [5.41, 5.74) is 3.96. The fourth-order valence-corrected chi connectivity index (χ4v) is 5.98. The van der Waals surface area contributed by atoms with Crippen LogP contribution < -0.4 is 19.7 Å². The fourth-order valence-electron chi connectivity index (χ4n) is 5.98. The van der Waals surface area contributed by atoms with E-state index in [4.69, 9.17) is 9.47 Å². The van der Waals surface area contributed by atoms with E-state index in [2.05, 4.69) is 47.2 Å². The van der Waals surface area contributed by atoms with Crippen molar-refractivity contribution in [1.29, 1.82) is 0 Å². The van der Waals surface area contributed by atoms with Crippen LogP contribution in [0.1, 0.15) is 18.4 Å². The van der Waals surface area contributed by atoms with Crippen molar-refractivity contribution in [3.63, 3.8) is 0 Å². The zero-order chi connectivity index (χ0) is 28.1. The Morgan fingerprint density at radius 1 is 1.02 bits per heavy atom. The molecule has 0 aliphatic carbocycles. The van der Waals surface area contributed by atoms with Gasteiger partial charge in [0.15, 0.2) is 5.65 Å². The largest absolute Gasteiger partial charge is 0.495 e. The lowest BCUT2D eigenvalue weighted by molar-refractivity contribution is 0.00723. The maximum absolute atomic E-state index is 14.4. The molecule has 5 heterocycles. The molecule has 2 aliphatic heterocycles. The topological polar surface area (TPSA) is 106 Å². The molecule has 2 aliphatic rings. The Labute approximate surface area is 236 Å². The van der Waals surface area contributed by atoms with E-state index in [-0.39, 0.29) is 5.54 Å². The number of methoxy groups -OCH3 is 1. The van der Waals surface area contributed by atoms with Crippen molar-refractivity contribution < 1.29 is 13.9 Å². The quantitative estimate of drug-likeness (QED) is 0.321. The minimum Gasteiger partial charge on any atom is -0.495 e. The molecule has 5 aromatic rings. The van der Waals surface area contributed by atoms with Crippen LogP contribution >= 0.6 is 0 Å². The average Bonchev–Trinajstić information content (AvgIpc) is 3.42. The number of halogens is 1. The molecule has 41 heavy (non-hydrogen) atoms. The summed E-state index contributed by atoms with van der Waals surface area (Å²) in [5.74, 6) is 2.51. The molecule has 12 heteroatoms. The summed E-state index contributed by atoms with van der Waals surface area (Å²) in [6.07, 6.45) is 4.96. The molecule has 2 saturated heterocycles. The molecule has 0 bridgehead atoms. The van der Waals surface area contributed by atoms with E-state index in [1.807, 2.05) is 37.3 Å². The second-order valence-electron chi connectivity index (χ2n) is 10.8. The highest BCUT2D eigenvalue weighted by atomic mass is 19.1. The van der Waals surface area contributed by atoms with Gasteiger partial charge < -0.3 is 19.7 Å². The number of likely N-dealkylation sites (tertiary alicyclic amines) is 1. The summed E-state index contributed by atoms with van der Waals surface area (Å²) < 4.78 is 27.8. The van der Waals surface area contributed by atoms with Gasteiger partial charge in [-0.2, -0.15) is 5.10 Å². The summed E-state index contributed by atoms with van der Waals surface area (Å²) >= 11 is 0.